The van der Waals surface area contributed by atoms with Gasteiger partial charge in [0, 0.05) is 18.1 Å². The van der Waals surface area contributed by atoms with Crippen LogP contribution in [0.1, 0.15) is 16.1 Å². The van der Waals surface area contributed by atoms with Crippen LogP contribution in [-0.2, 0) is 0 Å². The Balaban J connectivity index is 2.33. The van der Waals surface area contributed by atoms with Crippen molar-refractivity contribution < 1.29 is 14.6 Å². The average molecular weight is 231 g/mol. The number of carboxylic acids is 1. The number of carboxylic acid groups (broad SMARTS) is 1. The molecule has 86 valence electrons. The molecule has 1 N–H and O–H groups in total. The molecule has 0 fully saturated rings. The third-order valence-corrected chi connectivity index (χ3v) is 1.99. The lowest BCUT2D eigenvalue weighted by Gasteiger charge is -2.05. The molecule has 0 unspecified atom stereocenters. The van der Waals surface area contributed by atoms with E-state index in [4.69, 9.17) is 9.84 Å². The van der Waals surface area contributed by atoms with Crippen molar-refractivity contribution in [2.75, 3.05) is 0 Å². The molecular weight excluding hydrogens is 222 g/mol. The standard InChI is InChI=1S/C11H9N3O3/c1-7-2-5-13-11(14-7)17-9-6-12-4-3-8(9)10(15)16/h2-6H,1H3,(H,15,16). The molecule has 2 rings (SSSR count). The first-order valence-corrected chi connectivity index (χ1v) is 4.81. The minimum Gasteiger partial charge on any atom is -0.478 e. The SMILES string of the molecule is Cc1ccnc(Oc2cnccc2C(=O)O)n1. The Morgan fingerprint density at radius 2 is 2.18 bits per heavy atom. The van der Waals surface area contributed by atoms with Crippen molar-refractivity contribution in [3.8, 4) is 11.8 Å². The van der Waals surface area contributed by atoms with Crippen molar-refractivity contribution in [2.24, 2.45) is 0 Å². The first-order chi connectivity index (χ1) is 8.16. The predicted octanol–water partition coefficient (Wildman–Crippen LogP) is 1.67. The summed E-state index contributed by atoms with van der Waals surface area (Å²) < 4.78 is 5.29. The second-order valence-corrected chi connectivity index (χ2v) is 3.26. The number of pyridine rings is 1. The fraction of sp³-hybridized carbons (Fsp3) is 0.0909. The van der Waals surface area contributed by atoms with Crippen molar-refractivity contribution in [1.29, 1.82) is 0 Å². The minimum atomic E-state index is -1.09. The summed E-state index contributed by atoms with van der Waals surface area (Å²) in [5.74, 6) is -0.972. The Morgan fingerprint density at radius 1 is 1.35 bits per heavy atom. The van der Waals surface area contributed by atoms with E-state index in [0.717, 1.165) is 5.69 Å². The second-order valence-electron chi connectivity index (χ2n) is 3.26. The topological polar surface area (TPSA) is 85.2 Å². The molecule has 0 aromatic carbocycles. The summed E-state index contributed by atoms with van der Waals surface area (Å²) in [5.41, 5.74) is 0.751. The van der Waals surface area contributed by atoms with E-state index in [1.54, 1.807) is 13.0 Å². The van der Waals surface area contributed by atoms with E-state index in [9.17, 15) is 4.79 Å². The van der Waals surface area contributed by atoms with E-state index in [2.05, 4.69) is 15.0 Å². The van der Waals surface area contributed by atoms with Crippen molar-refractivity contribution in [2.45, 2.75) is 6.92 Å². The summed E-state index contributed by atoms with van der Waals surface area (Å²) in [5, 5.41) is 8.95. The number of hydrogen-bond acceptors (Lipinski definition) is 5. The van der Waals surface area contributed by atoms with Gasteiger partial charge in [0.1, 0.15) is 5.56 Å². The maximum atomic E-state index is 10.9. The monoisotopic (exact) mass is 231 g/mol. The number of aromatic nitrogens is 3. The average Bonchev–Trinajstić information content (AvgIpc) is 2.29. The lowest BCUT2D eigenvalue weighted by molar-refractivity contribution is 0.0694. The Morgan fingerprint density at radius 3 is 2.88 bits per heavy atom. The number of aromatic carboxylic acids is 1. The van der Waals surface area contributed by atoms with E-state index in [0.29, 0.717) is 0 Å². The zero-order valence-electron chi connectivity index (χ0n) is 8.99. The third kappa shape index (κ3) is 2.54. The summed E-state index contributed by atoms with van der Waals surface area (Å²) in [7, 11) is 0. The molecule has 6 nitrogen and oxygen atoms in total. The molecule has 0 bridgehead atoms. The summed E-state index contributed by atoms with van der Waals surface area (Å²) in [6, 6.07) is 3.17. The van der Waals surface area contributed by atoms with Crippen LogP contribution >= 0.6 is 0 Å². The maximum Gasteiger partial charge on any atom is 0.339 e. The Kier molecular flexibility index (Phi) is 2.95. The Hall–Kier alpha value is -2.50. The Bertz CT molecular complexity index is 557. The molecule has 0 spiro atoms. The number of rotatable bonds is 3. The highest BCUT2D eigenvalue weighted by Gasteiger charge is 2.12. The molecule has 0 radical (unpaired) electrons. The van der Waals surface area contributed by atoms with Crippen molar-refractivity contribution in [3.63, 3.8) is 0 Å². The summed E-state index contributed by atoms with van der Waals surface area (Å²) in [6.07, 6.45) is 4.23. The first kappa shape index (κ1) is 11.0. The van der Waals surface area contributed by atoms with Gasteiger partial charge in [-0.2, -0.15) is 0 Å². The molecule has 0 saturated carbocycles. The minimum absolute atomic E-state index is 0.0186. The number of hydrogen-bond donors (Lipinski definition) is 1. The molecule has 0 amide bonds. The van der Waals surface area contributed by atoms with Crippen LogP contribution in [0.3, 0.4) is 0 Å². The van der Waals surface area contributed by atoms with Gasteiger partial charge in [0.05, 0.1) is 6.20 Å². The fourth-order valence-electron chi connectivity index (χ4n) is 1.21. The number of aryl methyl sites for hydroxylation is 1. The highest BCUT2D eigenvalue weighted by molar-refractivity contribution is 5.90. The molecule has 0 atom stereocenters. The lowest BCUT2D eigenvalue weighted by atomic mass is 10.2. The second kappa shape index (κ2) is 4.56. The van der Waals surface area contributed by atoms with Crippen LogP contribution in [-0.4, -0.2) is 26.0 Å². The molecule has 17 heavy (non-hydrogen) atoms. The van der Waals surface area contributed by atoms with Crippen molar-refractivity contribution in [3.05, 3.63) is 42.0 Å². The van der Waals surface area contributed by atoms with Gasteiger partial charge in [0.15, 0.2) is 5.75 Å². The fourth-order valence-corrected chi connectivity index (χ4v) is 1.21. The van der Waals surface area contributed by atoms with Gasteiger partial charge in [-0.15, -0.1) is 0 Å². The van der Waals surface area contributed by atoms with Gasteiger partial charge < -0.3 is 9.84 Å². The summed E-state index contributed by atoms with van der Waals surface area (Å²) >= 11 is 0. The van der Waals surface area contributed by atoms with Crippen LogP contribution in [0.15, 0.2) is 30.7 Å². The molecule has 2 aromatic rings. The highest BCUT2D eigenvalue weighted by atomic mass is 16.5. The first-order valence-electron chi connectivity index (χ1n) is 4.81. The normalized spacial score (nSPS) is 9.94. The summed E-state index contributed by atoms with van der Waals surface area (Å²) in [6.45, 7) is 1.79. The number of nitrogens with zero attached hydrogens (tertiary/aromatic N) is 3. The smallest absolute Gasteiger partial charge is 0.339 e. The molecule has 0 aliphatic carbocycles. The van der Waals surface area contributed by atoms with Gasteiger partial charge in [-0.25, -0.2) is 14.8 Å². The van der Waals surface area contributed by atoms with E-state index in [1.807, 2.05) is 0 Å². The van der Waals surface area contributed by atoms with Crippen LogP contribution < -0.4 is 4.74 Å². The van der Waals surface area contributed by atoms with Gasteiger partial charge in [0.2, 0.25) is 0 Å². The third-order valence-electron chi connectivity index (χ3n) is 1.99. The van der Waals surface area contributed by atoms with Gasteiger partial charge in [-0.05, 0) is 19.1 Å². The van der Waals surface area contributed by atoms with Crippen LogP contribution in [0.5, 0.6) is 11.8 Å². The van der Waals surface area contributed by atoms with Crippen molar-refractivity contribution in [1.82, 2.24) is 15.0 Å². The highest BCUT2D eigenvalue weighted by Crippen LogP contribution is 2.21. The molecule has 0 saturated heterocycles. The zero-order chi connectivity index (χ0) is 12.3. The van der Waals surface area contributed by atoms with E-state index < -0.39 is 5.97 Å². The largest absolute Gasteiger partial charge is 0.478 e. The molecular formula is C11H9N3O3. The lowest BCUT2D eigenvalue weighted by Crippen LogP contribution is -2.02. The van der Waals surface area contributed by atoms with Gasteiger partial charge >= 0.3 is 12.0 Å². The molecule has 2 aromatic heterocycles. The zero-order valence-corrected chi connectivity index (χ0v) is 8.99. The molecule has 6 heteroatoms. The van der Waals surface area contributed by atoms with Crippen molar-refractivity contribution >= 4 is 5.97 Å². The van der Waals surface area contributed by atoms with E-state index in [1.165, 1.54) is 24.7 Å². The van der Waals surface area contributed by atoms with E-state index in [-0.39, 0.29) is 17.3 Å². The van der Waals surface area contributed by atoms with Crippen LogP contribution in [0.2, 0.25) is 0 Å². The molecule has 0 aliphatic rings. The Labute approximate surface area is 96.9 Å². The molecule has 0 aliphatic heterocycles. The van der Waals surface area contributed by atoms with Crippen LogP contribution in [0, 0.1) is 6.92 Å². The van der Waals surface area contributed by atoms with Crippen LogP contribution in [0.25, 0.3) is 0 Å². The maximum absolute atomic E-state index is 10.9. The van der Waals surface area contributed by atoms with E-state index >= 15 is 0 Å². The quantitative estimate of drug-likeness (QED) is 0.864. The number of ether oxygens (including phenoxy) is 1. The van der Waals surface area contributed by atoms with Gasteiger partial charge in [-0.3, -0.25) is 4.98 Å². The summed E-state index contributed by atoms with van der Waals surface area (Å²) in [4.78, 5) is 22.6. The van der Waals surface area contributed by atoms with Crippen LogP contribution in [0.4, 0.5) is 0 Å². The molecule has 2 heterocycles. The number of carbonyl (C=O) groups is 1. The van der Waals surface area contributed by atoms with Gasteiger partial charge in [-0.1, -0.05) is 0 Å². The van der Waals surface area contributed by atoms with Gasteiger partial charge in [0.25, 0.3) is 0 Å². The predicted molar refractivity (Wildman–Crippen MR) is 58.0 cm³/mol.